The molecule has 114 valence electrons. The number of anilines is 2. The predicted octanol–water partition coefficient (Wildman–Crippen LogP) is 1.60. The molecule has 0 bridgehead atoms. The van der Waals surface area contributed by atoms with Crippen LogP contribution in [-0.2, 0) is 16.1 Å². The number of hydrogen-bond acceptors (Lipinski definition) is 6. The molecule has 1 aliphatic heterocycles. The van der Waals surface area contributed by atoms with Crippen molar-refractivity contribution in [2.75, 3.05) is 17.2 Å². The third-order valence-electron chi connectivity index (χ3n) is 3.33. The number of ether oxygens (including phenoxy) is 1. The maximum Gasteiger partial charge on any atom is 0.254 e. The van der Waals surface area contributed by atoms with Crippen LogP contribution in [0.2, 0.25) is 0 Å². The highest BCUT2D eigenvalue weighted by Gasteiger charge is 2.23. The SMILES string of the molecule is O=C(Nc1ccc(NCc2cccnc2)nn1)C1CCCO1. The summed E-state index contributed by atoms with van der Waals surface area (Å²) in [6.07, 6.45) is 4.82. The summed E-state index contributed by atoms with van der Waals surface area (Å²) in [5.41, 5.74) is 1.06. The Bertz CT molecular complexity index is 612. The molecule has 1 fully saturated rings. The Morgan fingerprint density at radius 3 is 2.82 bits per heavy atom. The smallest absolute Gasteiger partial charge is 0.254 e. The molecule has 7 heteroatoms. The van der Waals surface area contributed by atoms with E-state index < -0.39 is 0 Å². The molecule has 1 atom stereocenters. The van der Waals surface area contributed by atoms with Crippen LogP contribution in [0.15, 0.2) is 36.7 Å². The van der Waals surface area contributed by atoms with Gasteiger partial charge in [-0.3, -0.25) is 9.78 Å². The monoisotopic (exact) mass is 299 g/mol. The van der Waals surface area contributed by atoms with Crippen molar-refractivity contribution in [3.8, 4) is 0 Å². The van der Waals surface area contributed by atoms with Gasteiger partial charge in [0.25, 0.3) is 5.91 Å². The van der Waals surface area contributed by atoms with Crippen molar-refractivity contribution >= 4 is 17.5 Å². The molecule has 1 saturated heterocycles. The first-order chi connectivity index (χ1) is 10.8. The fourth-order valence-electron chi connectivity index (χ4n) is 2.18. The van der Waals surface area contributed by atoms with Crippen LogP contribution in [0.3, 0.4) is 0 Å². The molecular weight excluding hydrogens is 282 g/mol. The summed E-state index contributed by atoms with van der Waals surface area (Å²) in [6, 6.07) is 7.34. The van der Waals surface area contributed by atoms with Crippen LogP contribution < -0.4 is 10.6 Å². The zero-order valence-electron chi connectivity index (χ0n) is 12.0. The van der Waals surface area contributed by atoms with E-state index in [2.05, 4.69) is 25.8 Å². The van der Waals surface area contributed by atoms with E-state index in [0.29, 0.717) is 24.8 Å². The second-order valence-corrected chi connectivity index (χ2v) is 5.01. The number of pyridine rings is 1. The molecule has 1 aliphatic rings. The van der Waals surface area contributed by atoms with Crippen molar-refractivity contribution in [2.45, 2.75) is 25.5 Å². The molecule has 1 unspecified atom stereocenters. The van der Waals surface area contributed by atoms with Gasteiger partial charge in [0, 0.05) is 25.5 Å². The van der Waals surface area contributed by atoms with Gasteiger partial charge in [0.05, 0.1) is 0 Å². The van der Waals surface area contributed by atoms with Crippen molar-refractivity contribution < 1.29 is 9.53 Å². The molecule has 0 aliphatic carbocycles. The molecule has 1 amide bonds. The largest absolute Gasteiger partial charge is 0.368 e. The summed E-state index contributed by atoms with van der Waals surface area (Å²) in [5.74, 6) is 0.897. The number of amides is 1. The molecule has 2 aromatic heterocycles. The highest BCUT2D eigenvalue weighted by Crippen LogP contribution is 2.14. The van der Waals surface area contributed by atoms with E-state index in [9.17, 15) is 4.79 Å². The van der Waals surface area contributed by atoms with Crippen LogP contribution in [0.25, 0.3) is 0 Å². The third kappa shape index (κ3) is 3.76. The van der Waals surface area contributed by atoms with Crippen molar-refractivity contribution in [1.82, 2.24) is 15.2 Å². The van der Waals surface area contributed by atoms with Gasteiger partial charge in [-0.05, 0) is 36.6 Å². The summed E-state index contributed by atoms with van der Waals surface area (Å²) in [4.78, 5) is 15.9. The minimum Gasteiger partial charge on any atom is -0.368 e. The minimum atomic E-state index is -0.370. The lowest BCUT2D eigenvalue weighted by molar-refractivity contribution is -0.124. The lowest BCUT2D eigenvalue weighted by atomic mass is 10.2. The average Bonchev–Trinajstić information content (AvgIpc) is 3.10. The maximum atomic E-state index is 11.9. The zero-order chi connectivity index (χ0) is 15.2. The first kappa shape index (κ1) is 14.4. The summed E-state index contributed by atoms with van der Waals surface area (Å²) >= 11 is 0. The van der Waals surface area contributed by atoms with Crippen molar-refractivity contribution in [1.29, 1.82) is 0 Å². The highest BCUT2D eigenvalue weighted by molar-refractivity contribution is 5.93. The molecule has 3 rings (SSSR count). The van der Waals surface area contributed by atoms with Crippen LogP contribution in [0.4, 0.5) is 11.6 Å². The number of carbonyl (C=O) groups excluding carboxylic acids is 1. The van der Waals surface area contributed by atoms with Crippen LogP contribution in [0, 0.1) is 0 Å². The predicted molar refractivity (Wildman–Crippen MR) is 81.2 cm³/mol. The van der Waals surface area contributed by atoms with Gasteiger partial charge in [-0.2, -0.15) is 0 Å². The van der Waals surface area contributed by atoms with Crippen molar-refractivity contribution in [2.24, 2.45) is 0 Å². The Labute approximate surface area is 128 Å². The van der Waals surface area contributed by atoms with Crippen LogP contribution >= 0.6 is 0 Å². The van der Waals surface area contributed by atoms with Gasteiger partial charge in [0.15, 0.2) is 5.82 Å². The summed E-state index contributed by atoms with van der Waals surface area (Å²) in [5, 5.41) is 13.9. The normalized spacial score (nSPS) is 17.2. The molecule has 0 saturated carbocycles. The topological polar surface area (TPSA) is 89.0 Å². The van der Waals surface area contributed by atoms with E-state index in [4.69, 9.17) is 4.74 Å². The van der Waals surface area contributed by atoms with E-state index >= 15 is 0 Å². The van der Waals surface area contributed by atoms with Gasteiger partial charge in [-0.15, -0.1) is 10.2 Å². The molecule has 2 N–H and O–H groups in total. The van der Waals surface area contributed by atoms with Crippen LogP contribution in [0.5, 0.6) is 0 Å². The Balaban J connectivity index is 1.52. The first-order valence-corrected chi connectivity index (χ1v) is 7.20. The standard InChI is InChI=1S/C15H17N5O2/c21-15(12-4-2-8-22-12)18-14-6-5-13(19-20-14)17-10-11-3-1-7-16-9-11/h1,3,5-7,9,12H,2,4,8,10H2,(H,17,19)(H,18,20,21). The Hall–Kier alpha value is -2.54. The fraction of sp³-hybridized carbons (Fsp3) is 0.333. The maximum absolute atomic E-state index is 11.9. The van der Waals surface area contributed by atoms with E-state index in [1.54, 1.807) is 24.5 Å². The molecule has 3 heterocycles. The van der Waals surface area contributed by atoms with Gasteiger partial charge in [-0.1, -0.05) is 6.07 Å². The quantitative estimate of drug-likeness (QED) is 0.871. The van der Waals surface area contributed by atoms with E-state index in [-0.39, 0.29) is 12.0 Å². The molecule has 22 heavy (non-hydrogen) atoms. The lowest BCUT2D eigenvalue weighted by Gasteiger charge is -2.10. The molecule has 2 aromatic rings. The van der Waals surface area contributed by atoms with Gasteiger partial charge in [0.2, 0.25) is 0 Å². The summed E-state index contributed by atoms with van der Waals surface area (Å²) in [7, 11) is 0. The van der Waals surface area contributed by atoms with Gasteiger partial charge in [0.1, 0.15) is 11.9 Å². The Morgan fingerprint density at radius 1 is 1.27 bits per heavy atom. The van der Waals surface area contributed by atoms with E-state index in [0.717, 1.165) is 18.4 Å². The molecular formula is C15H17N5O2. The van der Waals surface area contributed by atoms with E-state index in [1.807, 2.05) is 12.1 Å². The second-order valence-electron chi connectivity index (χ2n) is 5.01. The number of nitrogens with zero attached hydrogens (tertiary/aromatic N) is 3. The molecule has 0 radical (unpaired) electrons. The summed E-state index contributed by atoms with van der Waals surface area (Å²) in [6.45, 7) is 1.26. The van der Waals surface area contributed by atoms with Crippen molar-refractivity contribution in [3.05, 3.63) is 42.2 Å². The number of carbonyl (C=O) groups is 1. The Morgan fingerprint density at radius 2 is 2.14 bits per heavy atom. The average molecular weight is 299 g/mol. The van der Waals surface area contributed by atoms with Crippen LogP contribution in [0.1, 0.15) is 18.4 Å². The molecule has 0 spiro atoms. The number of hydrogen-bond donors (Lipinski definition) is 2. The van der Waals surface area contributed by atoms with Crippen molar-refractivity contribution in [3.63, 3.8) is 0 Å². The Kier molecular flexibility index (Phi) is 4.55. The summed E-state index contributed by atoms with van der Waals surface area (Å²) < 4.78 is 5.32. The number of aromatic nitrogens is 3. The minimum absolute atomic E-state index is 0.164. The van der Waals surface area contributed by atoms with Gasteiger partial charge >= 0.3 is 0 Å². The zero-order valence-corrected chi connectivity index (χ0v) is 12.0. The second kappa shape index (κ2) is 6.95. The first-order valence-electron chi connectivity index (χ1n) is 7.20. The number of rotatable bonds is 5. The highest BCUT2D eigenvalue weighted by atomic mass is 16.5. The van der Waals surface area contributed by atoms with E-state index in [1.165, 1.54) is 0 Å². The third-order valence-corrected chi connectivity index (χ3v) is 3.33. The van der Waals surface area contributed by atoms with Crippen LogP contribution in [-0.4, -0.2) is 33.8 Å². The van der Waals surface area contributed by atoms with Gasteiger partial charge < -0.3 is 15.4 Å². The van der Waals surface area contributed by atoms with Gasteiger partial charge in [-0.25, -0.2) is 0 Å². The molecule has 0 aromatic carbocycles. The fourth-order valence-corrected chi connectivity index (χ4v) is 2.18. The molecule has 7 nitrogen and oxygen atoms in total. The lowest BCUT2D eigenvalue weighted by Crippen LogP contribution is -2.27. The number of nitrogens with one attached hydrogen (secondary N) is 2.